The number of hydrogen-bond acceptors (Lipinski definition) is 2. The molecular weight excluding hydrogens is 388 g/mol. The average molecular weight is 415 g/mol. The number of nitrogens with zero attached hydrogens (tertiary/aromatic N) is 1. The van der Waals surface area contributed by atoms with Crippen molar-refractivity contribution >= 4 is 36.4 Å². The minimum absolute atomic E-state index is 0.00934. The first-order chi connectivity index (χ1) is 14.5. The van der Waals surface area contributed by atoms with Crippen LogP contribution in [0.1, 0.15) is 27.1 Å². The highest BCUT2D eigenvalue weighted by atomic mass is 28.3. The van der Waals surface area contributed by atoms with Crippen molar-refractivity contribution in [2.75, 3.05) is 16.8 Å². The topological polar surface area (TPSA) is 49.4 Å². The molecule has 0 unspecified atom stereocenters. The lowest BCUT2D eigenvalue weighted by Crippen LogP contribution is -2.43. The van der Waals surface area contributed by atoms with Gasteiger partial charge in [-0.15, -0.1) is 0 Å². The van der Waals surface area contributed by atoms with E-state index < -0.39 is 8.07 Å². The van der Waals surface area contributed by atoms with Crippen molar-refractivity contribution in [3.63, 3.8) is 0 Å². The molecular formula is C25H26N2O2Si. The third-order valence-electron chi connectivity index (χ3n) is 5.78. The highest BCUT2D eigenvalue weighted by molar-refractivity contribution is 6.91. The number of para-hydroxylation sites is 1. The van der Waals surface area contributed by atoms with E-state index in [0.29, 0.717) is 16.8 Å². The van der Waals surface area contributed by atoms with E-state index in [1.165, 1.54) is 11.2 Å². The third-order valence-corrected chi connectivity index (χ3v) is 9.26. The Hall–Kier alpha value is -3.18. The number of carbonyl (C=O) groups is 2. The number of amides is 2. The highest BCUT2D eigenvalue weighted by Crippen LogP contribution is 2.27. The van der Waals surface area contributed by atoms with Gasteiger partial charge in [0, 0.05) is 29.0 Å². The Balaban J connectivity index is 1.55. The lowest BCUT2D eigenvalue weighted by atomic mass is 10.1. The molecule has 0 atom stereocenters. The molecule has 3 aromatic carbocycles. The van der Waals surface area contributed by atoms with E-state index >= 15 is 0 Å². The molecule has 0 saturated heterocycles. The van der Waals surface area contributed by atoms with Gasteiger partial charge in [-0.05, 0) is 54.1 Å². The second kappa shape index (κ2) is 8.28. The van der Waals surface area contributed by atoms with Crippen LogP contribution in [0.25, 0.3) is 0 Å². The average Bonchev–Trinajstić information content (AvgIpc) is 2.90. The number of nitrogens with one attached hydrogen (secondary N) is 1. The molecule has 1 aliphatic rings. The van der Waals surface area contributed by atoms with Crippen LogP contribution in [0.4, 0.5) is 11.4 Å². The van der Waals surface area contributed by atoms with E-state index in [1.807, 2.05) is 29.2 Å². The Labute approximate surface area is 178 Å². The van der Waals surface area contributed by atoms with Gasteiger partial charge in [0.1, 0.15) is 0 Å². The van der Waals surface area contributed by atoms with Gasteiger partial charge in [0.2, 0.25) is 0 Å². The molecule has 1 aliphatic heterocycles. The van der Waals surface area contributed by atoms with Gasteiger partial charge in [0.25, 0.3) is 11.8 Å². The molecule has 1 N–H and O–H groups in total. The molecule has 0 fully saturated rings. The van der Waals surface area contributed by atoms with Gasteiger partial charge in [0.15, 0.2) is 0 Å². The van der Waals surface area contributed by atoms with Crippen molar-refractivity contribution in [3.8, 4) is 0 Å². The van der Waals surface area contributed by atoms with Crippen molar-refractivity contribution in [1.29, 1.82) is 0 Å². The van der Waals surface area contributed by atoms with E-state index in [-0.39, 0.29) is 11.8 Å². The number of anilines is 2. The summed E-state index contributed by atoms with van der Waals surface area (Å²) in [6, 6.07) is 25.8. The molecule has 4 rings (SSSR count). The Morgan fingerprint density at radius 2 is 1.50 bits per heavy atom. The van der Waals surface area contributed by atoms with Gasteiger partial charge in [-0.1, -0.05) is 55.5 Å². The van der Waals surface area contributed by atoms with Gasteiger partial charge in [-0.3, -0.25) is 9.59 Å². The van der Waals surface area contributed by atoms with E-state index in [0.717, 1.165) is 18.7 Å². The predicted molar refractivity (Wildman–Crippen MR) is 125 cm³/mol. The zero-order valence-electron chi connectivity index (χ0n) is 17.4. The van der Waals surface area contributed by atoms with Crippen LogP contribution in [-0.4, -0.2) is 26.4 Å². The Morgan fingerprint density at radius 1 is 0.833 bits per heavy atom. The van der Waals surface area contributed by atoms with Crippen LogP contribution in [0.3, 0.4) is 0 Å². The van der Waals surface area contributed by atoms with Crippen LogP contribution in [0, 0.1) is 0 Å². The van der Waals surface area contributed by atoms with Crippen LogP contribution in [-0.2, 0) is 0 Å². The molecule has 152 valence electrons. The lowest BCUT2D eigenvalue weighted by Gasteiger charge is -2.26. The number of carbonyl (C=O) groups excluding carboxylic acids is 2. The van der Waals surface area contributed by atoms with Crippen LogP contribution >= 0.6 is 0 Å². The summed E-state index contributed by atoms with van der Waals surface area (Å²) in [6.45, 7) is 5.49. The van der Waals surface area contributed by atoms with Crippen molar-refractivity contribution < 1.29 is 9.59 Å². The normalized spacial score (nSPS) is 15.1. The maximum Gasteiger partial charge on any atom is 0.258 e. The summed E-state index contributed by atoms with van der Waals surface area (Å²) >= 11 is 0. The van der Waals surface area contributed by atoms with Gasteiger partial charge in [-0.25, -0.2) is 0 Å². The maximum absolute atomic E-state index is 13.3. The maximum atomic E-state index is 13.3. The van der Waals surface area contributed by atoms with Gasteiger partial charge in [0.05, 0.1) is 8.07 Å². The summed E-state index contributed by atoms with van der Waals surface area (Å²) in [7, 11) is -1.55. The molecule has 0 radical (unpaired) electrons. The minimum Gasteiger partial charge on any atom is -0.322 e. The second-order valence-corrected chi connectivity index (χ2v) is 13.2. The summed E-state index contributed by atoms with van der Waals surface area (Å²) in [5.41, 5.74) is 2.96. The Kier molecular flexibility index (Phi) is 5.55. The minimum atomic E-state index is -1.55. The molecule has 3 aromatic rings. The van der Waals surface area contributed by atoms with E-state index in [1.54, 1.807) is 36.4 Å². The summed E-state index contributed by atoms with van der Waals surface area (Å²) in [5.74, 6) is -0.154. The summed E-state index contributed by atoms with van der Waals surface area (Å²) in [4.78, 5) is 27.6. The van der Waals surface area contributed by atoms with E-state index in [2.05, 4.69) is 36.6 Å². The first-order valence-electron chi connectivity index (χ1n) is 10.3. The van der Waals surface area contributed by atoms with Gasteiger partial charge < -0.3 is 10.2 Å². The van der Waals surface area contributed by atoms with E-state index in [4.69, 9.17) is 0 Å². The first kappa shape index (κ1) is 20.1. The molecule has 1 heterocycles. The largest absolute Gasteiger partial charge is 0.322 e. The number of hydrogen-bond donors (Lipinski definition) is 1. The third kappa shape index (κ3) is 4.07. The first-order valence-corrected chi connectivity index (χ1v) is 13.5. The van der Waals surface area contributed by atoms with Crippen LogP contribution in [0.2, 0.25) is 19.1 Å². The molecule has 2 amide bonds. The molecule has 5 heteroatoms. The Morgan fingerprint density at radius 3 is 2.23 bits per heavy atom. The van der Waals surface area contributed by atoms with Crippen LogP contribution in [0.15, 0.2) is 78.9 Å². The summed E-state index contributed by atoms with van der Waals surface area (Å²) in [5, 5.41) is 4.23. The molecule has 0 aromatic heterocycles. The van der Waals surface area contributed by atoms with Crippen molar-refractivity contribution in [3.05, 3.63) is 90.0 Å². The molecule has 4 nitrogen and oxygen atoms in total. The fourth-order valence-corrected chi connectivity index (χ4v) is 6.84. The molecule has 30 heavy (non-hydrogen) atoms. The summed E-state index contributed by atoms with van der Waals surface area (Å²) in [6.07, 6.45) is 1.02. The quantitative estimate of drug-likeness (QED) is 0.620. The van der Waals surface area contributed by atoms with Gasteiger partial charge in [-0.2, -0.15) is 0 Å². The zero-order chi connectivity index (χ0) is 21.1. The zero-order valence-corrected chi connectivity index (χ0v) is 18.4. The van der Waals surface area contributed by atoms with Crippen LogP contribution in [0.5, 0.6) is 0 Å². The fourth-order valence-electron chi connectivity index (χ4n) is 4.07. The monoisotopic (exact) mass is 414 g/mol. The fraction of sp³-hybridized carbons (Fsp3) is 0.200. The standard InChI is InChI=1S/C25H26N2O2Si/c1-30(2)18-8-17-27(22-11-6-7-12-23(22)30)25(29)20-13-15-21(16-14-20)26-24(28)19-9-4-3-5-10-19/h3-7,9-16H,8,17-18H2,1-2H3,(H,26,28). The number of benzene rings is 3. The van der Waals surface area contributed by atoms with Gasteiger partial charge >= 0.3 is 0 Å². The SMILES string of the molecule is C[Si]1(C)CCCN(C(=O)c2ccc(NC(=O)c3ccccc3)cc2)c2ccccc21. The van der Waals surface area contributed by atoms with Crippen LogP contribution < -0.4 is 15.4 Å². The molecule has 0 aliphatic carbocycles. The number of fused-ring (bicyclic) bond motifs is 1. The molecule has 0 bridgehead atoms. The van der Waals surface area contributed by atoms with Crippen molar-refractivity contribution in [2.24, 2.45) is 0 Å². The summed E-state index contributed by atoms with van der Waals surface area (Å²) < 4.78 is 0. The smallest absolute Gasteiger partial charge is 0.258 e. The highest BCUT2D eigenvalue weighted by Gasteiger charge is 2.32. The Bertz CT molecular complexity index is 1060. The molecule has 0 spiro atoms. The lowest BCUT2D eigenvalue weighted by molar-refractivity contribution is 0.0986. The van der Waals surface area contributed by atoms with E-state index in [9.17, 15) is 9.59 Å². The van der Waals surface area contributed by atoms with Crippen molar-refractivity contribution in [1.82, 2.24) is 0 Å². The number of rotatable bonds is 3. The predicted octanol–water partition coefficient (Wildman–Crippen LogP) is 4.90. The van der Waals surface area contributed by atoms with Crippen molar-refractivity contribution in [2.45, 2.75) is 25.6 Å². The second-order valence-electron chi connectivity index (χ2n) is 8.36. The molecule has 0 saturated carbocycles.